The molecule has 1 aromatic carbocycles. The summed E-state index contributed by atoms with van der Waals surface area (Å²) in [7, 11) is 0. The van der Waals surface area contributed by atoms with E-state index in [2.05, 4.69) is 4.98 Å². The minimum atomic E-state index is 0.242. The predicted molar refractivity (Wildman–Crippen MR) is 74.0 cm³/mol. The maximum absolute atomic E-state index is 8.85. The van der Waals surface area contributed by atoms with E-state index >= 15 is 0 Å². The Balaban J connectivity index is 2.01. The molecule has 2 rings (SSSR count). The van der Waals surface area contributed by atoms with Crippen LogP contribution in [0.25, 0.3) is 0 Å². The van der Waals surface area contributed by atoms with Gasteiger partial charge in [-0.2, -0.15) is 5.26 Å². The van der Waals surface area contributed by atoms with Crippen LogP contribution < -0.4 is 10.5 Å². The van der Waals surface area contributed by atoms with Crippen molar-refractivity contribution in [2.75, 3.05) is 12.3 Å². The number of pyridine rings is 1. The van der Waals surface area contributed by atoms with Gasteiger partial charge in [0.2, 0.25) is 5.88 Å². The van der Waals surface area contributed by atoms with Gasteiger partial charge in [-0.05, 0) is 17.7 Å². The summed E-state index contributed by atoms with van der Waals surface area (Å²) in [4.78, 5) is 4.00. The van der Waals surface area contributed by atoms with Crippen LogP contribution in [0.1, 0.15) is 11.1 Å². The average Bonchev–Trinajstić information content (AvgIpc) is 2.43. The molecule has 4 nitrogen and oxygen atoms in total. The smallest absolute Gasteiger partial charge is 0.233 e. The average molecular weight is 274 g/mol. The molecule has 19 heavy (non-hydrogen) atoms. The third-order valence-electron chi connectivity index (χ3n) is 2.64. The Morgan fingerprint density at radius 3 is 2.84 bits per heavy atom. The number of nitriles is 1. The molecular formula is C14H12ClN3O. The molecule has 96 valence electrons. The van der Waals surface area contributed by atoms with Crippen LogP contribution in [0.4, 0.5) is 5.69 Å². The lowest BCUT2D eigenvalue weighted by Crippen LogP contribution is -2.05. The molecule has 0 radical (unpaired) electrons. The zero-order chi connectivity index (χ0) is 13.7. The van der Waals surface area contributed by atoms with Gasteiger partial charge in [-0.3, -0.25) is 0 Å². The number of nitrogen functional groups attached to an aromatic ring is 1. The standard InChI is InChI=1S/C14H12ClN3O/c15-13-11(9-16)5-7-18-14(13)19-8-6-10-3-1-2-4-12(10)17/h1-5,7H,6,8,17H2. The molecule has 0 aliphatic heterocycles. The van der Waals surface area contributed by atoms with Crippen LogP contribution in [0.15, 0.2) is 36.5 Å². The van der Waals surface area contributed by atoms with Crippen molar-refractivity contribution in [1.29, 1.82) is 5.26 Å². The van der Waals surface area contributed by atoms with Crippen LogP contribution in [-0.2, 0) is 6.42 Å². The number of benzene rings is 1. The summed E-state index contributed by atoms with van der Waals surface area (Å²) >= 11 is 5.99. The predicted octanol–water partition coefficient (Wildman–Crippen LogP) is 2.81. The zero-order valence-electron chi connectivity index (χ0n) is 10.1. The number of halogens is 1. The number of ether oxygens (including phenoxy) is 1. The van der Waals surface area contributed by atoms with Crippen molar-refractivity contribution in [1.82, 2.24) is 4.98 Å². The lowest BCUT2D eigenvalue weighted by Gasteiger charge is -2.08. The van der Waals surface area contributed by atoms with Crippen molar-refractivity contribution in [2.45, 2.75) is 6.42 Å². The lowest BCUT2D eigenvalue weighted by molar-refractivity contribution is 0.310. The van der Waals surface area contributed by atoms with Gasteiger partial charge in [-0.15, -0.1) is 0 Å². The summed E-state index contributed by atoms with van der Waals surface area (Å²) < 4.78 is 5.49. The van der Waals surface area contributed by atoms with Gasteiger partial charge in [0.25, 0.3) is 0 Å². The molecule has 0 atom stereocenters. The van der Waals surface area contributed by atoms with E-state index in [0.29, 0.717) is 18.6 Å². The zero-order valence-corrected chi connectivity index (χ0v) is 10.9. The fourth-order valence-electron chi connectivity index (χ4n) is 1.63. The van der Waals surface area contributed by atoms with Crippen molar-refractivity contribution >= 4 is 17.3 Å². The van der Waals surface area contributed by atoms with Gasteiger partial charge in [0.05, 0.1) is 12.2 Å². The molecular weight excluding hydrogens is 262 g/mol. The third kappa shape index (κ3) is 3.15. The number of hydrogen-bond acceptors (Lipinski definition) is 4. The minimum absolute atomic E-state index is 0.242. The molecule has 2 N–H and O–H groups in total. The number of nitrogens with two attached hydrogens (primary N) is 1. The molecule has 1 heterocycles. The van der Waals surface area contributed by atoms with Crippen LogP contribution in [0.3, 0.4) is 0 Å². The van der Waals surface area contributed by atoms with E-state index in [1.807, 2.05) is 30.3 Å². The number of nitrogens with zero attached hydrogens (tertiary/aromatic N) is 2. The van der Waals surface area contributed by atoms with Crippen molar-refractivity contribution in [3.8, 4) is 11.9 Å². The van der Waals surface area contributed by atoms with Gasteiger partial charge in [0, 0.05) is 18.3 Å². The summed E-state index contributed by atoms with van der Waals surface area (Å²) in [6, 6.07) is 11.1. The van der Waals surface area contributed by atoms with E-state index in [-0.39, 0.29) is 10.9 Å². The topological polar surface area (TPSA) is 71.9 Å². The largest absolute Gasteiger partial charge is 0.476 e. The highest BCUT2D eigenvalue weighted by Crippen LogP contribution is 2.25. The van der Waals surface area contributed by atoms with Crippen LogP contribution in [0.5, 0.6) is 5.88 Å². The Bertz CT molecular complexity index is 622. The van der Waals surface area contributed by atoms with Crippen molar-refractivity contribution in [3.63, 3.8) is 0 Å². The van der Waals surface area contributed by atoms with E-state index in [4.69, 9.17) is 27.3 Å². The number of aromatic nitrogens is 1. The lowest BCUT2D eigenvalue weighted by atomic mass is 10.1. The second-order valence-electron chi connectivity index (χ2n) is 3.89. The normalized spacial score (nSPS) is 9.89. The molecule has 0 saturated heterocycles. The maximum Gasteiger partial charge on any atom is 0.233 e. The van der Waals surface area contributed by atoms with Crippen LogP contribution >= 0.6 is 11.6 Å². The Kier molecular flexibility index (Phi) is 4.22. The van der Waals surface area contributed by atoms with Gasteiger partial charge < -0.3 is 10.5 Å². The van der Waals surface area contributed by atoms with Crippen molar-refractivity contribution in [3.05, 3.63) is 52.7 Å². The van der Waals surface area contributed by atoms with Crippen LogP contribution in [0, 0.1) is 11.3 Å². The maximum atomic E-state index is 8.85. The molecule has 5 heteroatoms. The van der Waals surface area contributed by atoms with Crippen LogP contribution in [-0.4, -0.2) is 11.6 Å². The second kappa shape index (κ2) is 6.07. The monoisotopic (exact) mass is 273 g/mol. The molecule has 0 spiro atoms. The molecule has 0 bridgehead atoms. The van der Waals surface area contributed by atoms with Gasteiger partial charge >= 0.3 is 0 Å². The van der Waals surface area contributed by atoms with E-state index in [0.717, 1.165) is 11.3 Å². The SMILES string of the molecule is N#Cc1ccnc(OCCc2ccccc2N)c1Cl. The van der Waals surface area contributed by atoms with Gasteiger partial charge in [-0.25, -0.2) is 4.98 Å². The summed E-state index contributed by atoms with van der Waals surface area (Å²) in [5.41, 5.74) is 7.93. The highest BCUT2D eigenvalue weighted by atomic mass is 35.5. The first-order valence-electron chi connectivity index (χ1n) is 5.73. The van der Waals surface area contributed by atoms with E-state index in [1.54, 1.807) is 6.07 Å². The molecule has 2 aromatic rings. The molecule has 0 unspecified atom stereocenters. The highest BCUT2D eigenvalue weighted by Gasteiger charge is 2.08. The van der Waals surface area contributed by atoms with Gasteiger partial charge in [0.15, 0.2) is 0 Å². The fourth-order valence-corrected chi connectivity index (χ4v) is 1.84. The summed E-state index contributed by atoms with van der Waals surface area (Å²) in [5.74, 6) is 0.273. The first-order chi connectivity index (χ1) is 9.22. The summed E-state index contributed by atoms with van der Waals surface area (Å²) in [6.45, 7) is 0.399. The molecule has 0 amide bonds. The third-order valence-corrected chi connectivity index (χ3v) is 3.01. The molecule has 0 aliphatic rings. The highest BCUT2D eigenvalue weighted by molar-refractivity contribution is 6.32. The number of hydrogen-bond donors (Lipinski definition) is 1. The number of para-hydroxylation sites is 1. The first-order valence-corrected chi connectivity index (χ1v) is 6.11. The van der Waals surface area contributed by atoms with E-state index in [1.165, 1.54) is 6.20 Å². The van der Waals surface area contributed by atoms with Gasteiger partial charge in [0.1, 0.15) is 11.1 Å². The Labute approximate surface area is 116 Å². The van der Waals surface area contributed by atoms with E-state index in [9.17, 15) is 0 Å². The minimum Gasteiger partial charge on any atom is -0.476 e. The number of anilines is 1. The first kappa shape index (κ1) is 13.2. The molecule has 0 saturated carbocycles. The van der Waals surface area contributed by atoms with Crippen molar-refractivity contribution in [2.24, 2.45) is 0 Å². The second-order valence-corrected chi connectivity index (χ2v) is 4.26. The summed E-state index contributed by atoms with van der Waals surface area (Å²) in [6.07, 6.45) is 2.15. The summed E-state index contributed by atoms with van der Waals surface area (Å²) in [5, 5.41) is 9.09. The Morgan fingerprint density at radius 1 is 1.32 bits per heavy atom. The molecule has 0 fully saturated rings. The van der Waals surface area contributed by atoms with Crippen LogP contribution in [0.2, 0.25) is 5.02 Å². The van der Waals surface area contributed by atoms with E-state index < -0.39 is 0 Å². The molecule has 1 aromatic heterocycles. The van der Waals surface area contributed by atoms with Crippen molar-refractivity contribution < 1.29 is 4.74 Å². The Morgan fingerprint density at radius 2 is 2.11 bits per heavy atom. The Hall–Kier alpha value is -2.25. The quantitative estimate of drug-likeness (QED) is 0.870. The number of rotatable bonds is 4. The van der Waals surface area contributed by atoms with Gasteiger partial charge in [-0.1, -0.05) is 29.8 Å². The molecule has 0 aliphatic carbocycles. The fraction of sp³-hybridized carbons (Fsp3) is 0.143.